The maximum atomic E-state index is 12.8. The van der Waals surface area contributed by atoms with E-state index in [4.69, 9.17) is 4.42 Å². The quantitative estimate of drug-likeness (QED) is 0.446. The molecule has 7 nitrogen and oxygen atoms in total. The van der Waals surface area contributed by atoms with E-state index in [9.17, 15) is 22.0 Å². The van der Waals surface area contributed by atoms with Crippen molar-refractivity contribution in [2.75, 3.05) is 0 Å². The van der Waals surface area contributed by atoms with E-state index in [1.165, 1.54) is 36.5 Å². The molecule has 0 atom stereocenters. The lowest BCUT2D eigenvalue weighted by Crippen LogP contribution is -2.22. The first-order valence-corrected chi connectivity index (χ1v) is 10.8. The number of rotatable bonds is 7. The first-order chi connectivity index (χ1) is 15.3. The summed E-state index contributed by atoms with van der Waals surface area (Å²) in [4.78, 5) is 16.1. The van der Waals surface area contributed by atoms with Crippen LogP contribution in [-0.2, 0) is 16.4 Å². The Morgan fingerprint density at radius 1 is 1.06 bits per heavy atom. The predicted octanol–water partition coefficient (Wildman–Crippen LogP) is 4.19. The van der Waals surface area contributed by atoms with Gasteiger partial charge in [0, 0.05) is 18.1 Å². The summed E-state index contributed by atoms with van der Waals surface area (Å²) >= 11 is 0. The SMILES string of the molecule is O=C(NCc1ccc(S(=O)(=O)c2cccc(OC(F)F)c2)cc1)c1cc2ccncc2o1. The second-order valence-electron chi connectivity index (χ2n) is 6.71. The third-order valence-corrected chi connectivity index (χ3v) is 6.34. The smallest absolute Gasteiger partial charge is 0.387 e. The van der Waals surface area contributed by atoms with Crippen LogP contribution in [0.1, 0.15) is 16.1 Å². The number of benzene rings is 2. The van der Waals surface area contributed by atoms with Crippen molar-refractivity contribution >= 4 is 26.7 Å². The van der Waals surface area contributed by atoms with E-state index in [0.29, 0.717) is 11.1 Å². The number of amides is 1. The number of nitrogens with zero attached hydrogens (tertiary/aromatic N) is 1. The Morgan fingerprint density at radius 3 is 2.56 bits per heavy atom. The Morgan fingerprint density at radius 2 is 1.84 bits per heavy atom. The number of hydrogen-bond acceptors (Lipinski definition) is 6. The average molecular weight is 458 g/mol. The number of pyridine rings is 1. The standard InChI is InChI=1S/C22H16F2N2O5S/c23-22(24)30-16-2-1-3-18(11-16)32(28,29)17-6-4-14(5-7-17)12-26-21(27)19-10-15-8-9-25-13-20(15)31-19/h1-11,13,22H,12H2,(H,26,27). The van der Waals surface area contributed by atoms with E-state index >= 15 is 0 Å². The molecule has 2 aromatic heterocycles. The molecule has 164 valence electrons. The van der Waals surface area contributed by atoms with Crippen LogP contribution in [0.3, 0.4) is 0 Å². The topological polar surface area (TPSA) is 98.5 Å². The Balaban J connectivity index is 1.45. The summed E-state index contributed by atoms with van der Waals surface area (Å²) in [6.45, 7) is -2.91. The van der Waals surface area contributed by atoms with Crippen molar-refractivity contribution in [2.24, 2.45) is 0 Å². The van der Waals surface area contributed by atoms with Crippen molar-refractivity contribution in [2.45, 2.75) is 22.9 Å². The molecule has 4 rings (SSSR count). The molecule has 0 fully saturated rings. The average Bonchev–Trinajstić information content (AvgIpc) is 3.22. The number of carbonyl (C=O) groups excluding carboxylic acids is 1. The predicted molar refractivity (Wildman–Crippen MR) is 110 cm³/mol. The fourth-order valence-corrected chi connectivity index (χ4v) is 4.30. The molecule has 0 aliphatic carbocycles. The highest BCUT2D eigenvalue weighted by atomic mass is 32.2. The Bertz CT molecular complexity index is 1340. The number of aromatic nitrogens is 1. The van der Waals surface area contributed by atoms with Crippen molar-refractivity contribution in [3.05, 3.63) is 84.4 Å². The second-order valence-corrected chi connectivity index (χ2v) is 8.66. The fourth-order valence-electron chi connectivity index (χ4n) is 3.01. The van der Waals surface area contributed by atoms with Crippen LogP contribution in [0, 0.1) is 0 Å². The number of halogens is 2. The van der Waals surface area contributed by atoms with Gasteiger partial charge >= 0.3 is 6.61 Å². The van der Waals surface area contributed by atoms with Gasteiger partial charge in [-0.25, -0.2) is 8.42 Å². The van der Waals surface area contributed by atoms with Crippen LogP contribution >= 0.6 is 0 Å². The highest BCUT2D eigenvalue weighted by Gasteiger charge is 2.19. The zero-order chi connectivity index (χ0) is 22.7. The van der Waals surface area contributed by atoms with Crippen molar-refractivity contribution in [1.29, 1.82) is 0 Å². The molecule has 4 aromatic rings. The molecule has 0 saturated heterocycles. The highest BCUT2D eigenvalue weighted by Crippen LogP contribution is 2.25. The summed E-state index contributed by atoms with van der Waals surface area (Å²) in [5, 5.41) is 3.45. The van der Waals surface area contributed by atoms with Crippen LogP contribution in [0.4, 0.5) is 8.78 Å². The minimum Gasteiger partial charge on any atom is -0.449 e. The molecule has 1 amide bonds. The summed E-state index contributed by atoms with van der Waals surface area (Å²) in [5.74, 6) is -0.534. The van der Waals surface area contributed by atoms with Crippen LogP contribution in [0.2, 0.25) is 0 Å². The van der Waals surface area contributed by atoms with E-state index in [2.05, 4.69) is 15.0 Å². The molecular formula is C22H16F2N2O5S. The van der Waals surface area contributed by atoms with Gasteiger partial charge < -0.3 is 14.5 Å². The van der Waals surface area contributed by atoms with Gasteiger partial charge in [0.2, 0.25) is 9.84 Å². The normalized spacial score (nSPS) is 11.6. The van der Waals surface area contributed by atoms with Crippen LogP contribution in [-0.4, -0.2) is 25.9 Å². The van der Waals surface area contributed by atoms with Gasteiger partial charge in [0.05, 0.1) is 16.0 Å². The molecule has 0 aliphatic rings. The summed E-state index contributed by atoms with van der Waals surface area (Å²) in [6.07, 6.45) is 3.11. The monoisotopic (exact) mass is 458 g/mol. The number of ether oxygens (including phenoxy) is 1. The third kappa shape index (κ3) is 4.59. The van der Waals surface area contributed by atoms with E-state index in [1.807, 2.05) is 0 Å². The molecule has 1 N–H and O–H groups in total. The van der Waals surface area contributed by atoms with Crippen molar-refractivity contribution in [1.82, 2.24) is 10.3 Å². The van der Waals surface area contributed by atoms with E-state index in [1.54, 1.807) is 30.5 Å². The third-order valence-electron chi connectivity index (χ3n) is 4.57. The summed E-state index contributed by atoms with van der Waals surface area (Å²) in [5.41, 5.74) is 1.15. The molecular weight excluding hydrogens is 442 g/mol. The minimum atomic E-state index is -3.94. The number of hydrogen-bond donors (Lipinski definition) is 1. The van der Waals surface area contributed by atoms with E-state index in [-0.39, 0.29) is 27.8 Å². The van der Waals surface area contributed by atoms with Crippen molar-refractivity contribution in [3.63, 3.8) is 0 Å². The number of fused-ring (bicyclic) bond motifs is 1. The van der Waals surface area contributed by atoms with Gasteiger partial charge in [0.1, 0.15) is 5.75 Å². The van der Waals surface area contributed by atoms with Gasteiger partial charge in [0.25, 0.3) is 5.91 Å². The van der Waals surface area contributed by atoms with Gasteiger partial charge in [-0.15, -0.1) is 0 Å². The lowest BCUT2D eigenvalue weighted by molar-refractivity contribution is -0.0500. The Hall–Kier alpha value is -3.79. The molecule has 32 heavy (non-hydrogen) atoms. The van der Waals surface area contributed by atoms with E-state index in [0.717, 1.165) is 11.5 Å². The van der Waals surface area contributed by atoms with Crippen LogP contribution in [0.5, 0.6) is 5.75 Å². The second kappa shape index (κ2) is 8.75. The number of alkyl halides is 2. The highest BCUT2D eigenvalue weighted by molar-refractivity contribution is 7.91. The molecule has 10 heteroatoms. The molecule has 0 bridgehead atoms. The zero-order valence-electron chi connectivity index (χ0n) is 16.4. The first kappa shape index (κ1) is 21.4. The number of furan rings is 1. The maximum Gasteiger partial charge on any atom is 0.387 e. The van der Waals surface area contributed by atoms with Crippen LogP contribution in [0.25, 0.3) is 11.0 Å². The van der Waals surface area contributed by atoms with Gasteiger partial charge in [-0.05, 0) is 48.0 Å². The molecule has 2 heterocycles. The largest absolute Gasteiger partial charge is 0.449 e. The molecule has 0 spiro atoms. The number of nitrogens with one attached hydrogen (secondary N) is 1. The van der Waals surface area contributed by atoms with Crippen LogP contribution < -0.4 is 10.1 Å². The van der Waals surface area contributed by atoms with Crippen molar-refractivity contribution in [3.8, 4) is 5.75 Å². The van der Waals surface area contributed by atoms with Gasteiger partial charge in [-0.2, -0.15) is 8.78 Å². The Labute approximate surface area is 181 Å². The zero-order valence-corrected chi connectivity index (χ0v) is 17.2. The molecule has 0 saturated carbocycles. The van der Waals surface area contributed by atoms with Gasteiger partial charge in [0.15, 0.2) is 11.3 Å². The van der Waals surface area contributed by atoms with Gasteiger partial charge in [-0.1, -0.05) is 18.2 Å². The van der Waals surface area contributed by atoms with E-state index < -0.39 is 22.4 Å². The fraction of sp³-hybridized carbons (Fsp3) is 0.0909. The van der Waals surface area contributed by atoms with Crippen LogP contribution in [0.15, 0.2) is 87.3 Å². The Kier molecular flexibility index (Phi) is 5.87. The van der Waals surface area contributed by atoms with Gasteiger partial charge in [-0.3, -0.25) is 9.78 Å². The molecule has 0 unspecified atom stereocenters. The minimum absolute atomic E-state index is 0.0217. The lowest BCUT2D eigenvalue weighted by Gasteiger charge is -2.09. The number of sulfone groups is 1. The lowest BCUT2D eigenvalue weighted by atomic mass is 10.2. The molecule has 0 aliphatic heterocycles. The summed E-state index contributed by atoms with van der Waals surface area (Å²) in [7, 11) is -3.94. The molecule has 2 aromatic carbocycles. The number of carbonyl (C=O) groups is 1. The molecule has 0 radical (unpaired) electrons. The summed E-state index contributed by atoms with van der Waals surface area (Å²) in [6, 6.07) is 14.1. The van der Waals surface area contributed by atoms with Crippen molar-refractivity contribution < 1.29 is 31.1 Å². The first-order valence-electron chi connectivity index (χ1n) is 9.33. The summed E-state index contributed by atoms with van der Waals surface area (Å²) < 4.78 is 60.1. The maximum absolute atomic E-state index is 12.8.